The van der Waals surface area contributed by atoms with E-state index in [1.165, 1.54) is 11.3 Å². The van der Waals surface area contributed by atoms with Crippen LogP contribution in [-0.2, 0) is 23.0 Å². The van der Waals surface area contributed by atoms with Crippen molar-refractivity contribution in [1.29, 1.82) is 0 Å². The van der Waals surface area contributed by atoms with Crippen molar-refractivity contribution in [2.45, 2.75) is 24.1 Å². The van der Waals surface area contributed by atoms with Crippen molar-refractivity contribution >= 4 is 21.4 Å². The third-order valence-corrected chi connectivity index (χ3v) is 7.64. The molecule has 1 aliphatic rings. The lowest BCUT2D eigenvalue weighted by atomic mass is 10.2. The second kappa shape index (κ2) is 7.09. The van der Waals surface area contributed by atoms with E-state index in [4.69, 9.17) is 0 Å². The standard InChI is InChI=1S/C16H21N3O2S2/c1-2-15-5-6-16(22-15)23(20,21)19-10-8-18(9-11-19)13-14-4-3-7-17-12-14/h3-7,12H,2,8-11,13H2,1H3. The lowest BCUT2D eigenvalue weighted by molar-refractivity contribution is 0.181. The quantitative estimate of drug-likeness (QED) is 0.829. The van der Waals surface area contributed by atoms with Crippen LogP contribution in [0.3, 0.4) is 0 Å². The van der Waals surface area contributed by atoms with E-state index < -0.39 is 10.0 Å². The Kier molecular flexibility index (Phi) is 5.11. The Hall–Kier alpha value is -1.28. The number of aromatic nitrogens is 1. The maximum Gasteiger partial charge on any atom is 0.252 e. The van der Waals surface area contributed by atoms with E-state index >= 15 is 0 Å². The Bertz CT molecular complexity index is 736. The Labute approximate surface area is 141 Å². The molecule has 0 bridgehead atoms. The maximum atomic E-state index is 12.7. The Morgan fingerprint density at radius 1 is 1.17 bits per heavy atom. The van der Waals surface area contributed by atoms with Crippen molar-refractivity contribution in [2.24, 2.45) is 0 Å². The molecule has 1 saturated heterocycles. The molecule has 0 saturated carbocycles. The highest BCUT2D eigenvalue weighted by Crippen LogP contribution is 2.26. The van der Waals surface area contributed by atoms with Crippen LogP contribution in [0.1, 0.15) is 17.4 Å². The average Bonchev–Trinajstić information content (AvgIpc) is 3.06. The number of aryl methyl sites for hydroxylation is 1. The minimum absolute atomic E-state index is 0.468. The molecular weight excluding hydrogens is 330 g/mol. The molecule has 2 aromatic heterocycles. The van der Waals surface area contributed by atoms with Crippen molar-refractivity contribution in [3.63, 3.8) is 0 Å². The third-order valence-electron chi connectivity index (χ3n) is 4.04. The molecule has 124 valence electrons. The summed E-state index contributed by atoms with van der Waals surface area (Å²) in [4.78, 5) is 7.51. The highest BCUT2D eigenvalue weighted by molar-refractivity contribution is 7.91. The first-order valence-electron chi connectivity index (χ1n) is 7.79. The van der Waals surface area contributed by atoms with E-state index in [0.717, 1.165) is 36.5 Å². The summed E-state index contributed by atoms with van der Waals surface area (Å²) in [5.41, 5.74) is 1.16. The van der Waals surface area contributed by atoms with Gasteiger partial charge in [-0.25, -0.2) is 8.42 Å². The van der Waals surface area contributed by atoms with Gasteiger partial charge in [-0.2, -0.15) is 4.31 Å². The first kappa shape index (κ1) is 16.6. The SMILES string of the molecule is CCc1ccc(S(=O)(=O)N2CCN(Cc3cccnc3)CC2)s1. The topological polar surface area (TPSA) is 53.5 Å². The van der Waals surface area contributed by atoms with Gasteiger partial charge < -0.3 is 0 Å². The highest BCUT2D eigenvalue weighted by atomic mass is 32.2. The first-order chi connectivity index (χ1) is 11.1. The van der Waals surface area contributed by atoms with Gasteiger partial charge in [0.25, 0.3) is 10.0 Å². The van der Waals surface area contributed by atoms with Crippen molar-refractivity contribution in [3.05, 3.63) is 47.1 Å². The number of hydrogen-bond acceptors (Lipinski definition) is 5. The molecule has 3 rings (SSSR count). The second-order valence-corrected chi connectivity index (χ2v) is 8.95. The van der Waals surface area contributed by atoms with Gasteiger partial charge in [-0.05, 0) is 30.2 Å². The molecule has 2 aromatic rings. The number of thiophene rings is 1. The van der Waals surface area contributed by atoms with Crippen LogP contribution in [0, 0.1) is 0 Å². The van der Waals surface area contributed by atoms with Crippen molar-refractivity contribution in [3.8, 4) is 0 Å². The minimum Gasteiger partial charge on any atom is -0.296 e. The largest absolute Gasteiger partial charge is 0.296 e. The summed E-state index contributed by atoms with van der Waals surface area (Å²) < 4.78 is 27.5. The van der Waals surface area contributed by atoms with Gasteiger partial charge in [-0.15, -0.1) is 11.3 Å². The molecule has 0 aliphatic carbocycles. The van der Waals surface area contributed by atoms with Crippen LogP contribution >= 0.6 is 11.3 Å². The molecular formula is C16H21N3O2S2. The van der Waals surface area contributed by atoms with Gasteiger partial charge in [0.1, 0.15) is 4.21 Å². The van der Waals surface area contributed by atoms with E-state index in [-0.39, 0.29) is 0 Å². The first-order valence-corrected chi connectivity index (χ1v) is 10.1. The minimum atomic E-state index is -3.33. The summed E-state index contributed by atoms with van der Waals surface area (Å²) in [5, 5.41) is 0. The number of hydrogen-bond donors (Lipinski definition) is 0. The Morgan fingerprint density at radius 2 is 1.96 bits per heavy atom. The van der Waals surface area contributed by atoms with Gasteiger partial charge in [0.15, 0.2) is 0 Å². The summed E-state index contributed by atoms with van der Waals surface area (Å²) in [7, 11) is -3.33. The molecule has 5 nitrogen and oxygen atoms in total. The van der Waals surface area contributed by atoms with Crippen LogP contribution in [-0.4, -0.2) is 48.8 Å². The van der Waals surface area contributed by atoms with Gasteiger partial charge in [0.05, 0.1) is 0 Å². The molecule has 0 atom stereocenters. The van der Waals surface area contributed by atoms with Crippen LogP contribution in [0.4, 0.5) is 0 Å². The summed E-state index contributed by atoms with van der Waals surface area (Å²) >= 11 is 1.39. The van der Waals surface area contributed by atoms with Crippen molar-refractivity contribution in [2.75, 3.05) is 26.2 Å². The molecule has 3 heterocycles. The zero-order valence-electron chi connectivity index (χ0n) is 13.2. The van der Waals surface area contributed by atoms with E-state index in [1.54, 1.807) is 16.6 Å². The number of piperazine rings is 1. The van der Waals surface area contributed by atoms with Crippen LogP contribution in [0.15, 0.2) is 40.9 Å². The van der Waals surface area contributed by atoms with Gasteiger partial charge >= 0.3 is 0 Å². The third kappa shape index (κ3) is 3.80. The molecule has 0 unspecified atom stereocenters. The van der Waals surface area contributed by atoms with Gasteiger partial charge in [0.2, 0.25) is 0 Å². The van der Waals surface area contributed by atoms with Crippen molar-refractivity contribution < 1.29 is 8.42 Å². The second-order valence-electron chi connectivity index (χ2n) is 5.62. The zero-order valence-corrected chi connectivity index (χ0v) is 14.8. The summed E-state index contributed by atoms with van der Waals surface area (Å²) in [6.45, 7) is 5.45. The van der Waals surface area contributed by atoms with Crippen molar-refractivity contribution in [1.82, 2.24) is 14.2 Å². The Morgan fingerprint density at radius 3 is 2.57 bits per heavy atom. The molecule has 23 heavy (non-hydrogen) atoms. The van der Waals surface area contributed by atoms with Crippen LogP contribution in [0.5, 0.6) is 0 Å². The highest BCUT2D eigenvalue weighted by Gasteiger charge is 2.29. The molecule has 0 spiro atoms. The fourth-order valence-electron chi connectivity index (χ4n) is 2.69. The molecule has 1 aliphatic heterocycles. The lowest BCUT2D eigenvalue weighted by Gasteiger charge is -2.33. The van der Waals surface area contributed by atoms with E-state index in [0.29, 0.717) is 17.3 Å². The summed E-state index contributed by atoms with van der Waals surface area (Å²) in [5.74, 6) is 0. The predicted molar refractivity (Wildman–Crippen MR) is 92.0 cm³/mol. The molecule has 0 amide bonds. The van der Waals surface area contributed by atoms with E-state index in [9.17, 15) is 8.42 Å². The summed E-state index contributed by atoms with van der Waals surface area (Å²) in [6.07, 6.45) is 4.50. The number of nitrogens with zero attached hydrogens (tertiary/aromatic N) is 3. The van der Waals surface area contributed by atoms with Crippen LogP contribution < -0.4 is 0 Å². The van der Waals surface area contributed by atoms with Crippen LogP contribution in [0.2, 0.25) is 0 Å². The van der Waals surface area contributed by atoms with E-state index in [2.05, 4.69) is 9.88 Å². The number of pyridine rings is 1. The monoisotopic (exact) mass is 351 g/mol. The van der Waals surface area contributed by atoms with Gasteiger partial charge in [-0.1, -0.05) is 13.0 Å². The van der Waals surface area contributed by atoms with Gasteiger partial charge in [0, 0.05) is 50.0 Å². The summed E-state index contributed by atoms with van der Waals surface area (Å²) in [6, 6.07) is 7.63. The van der Waals surface area contributed by atoms with Crippen LogP contribution in [0.25, 0.3) is 0 Å². The molecule has 0 radical (unpaired) electrons. The fraction of sp³-hybridized carbons (Fsp3) is 0.438. The lowest BCUT2D eigenvalue weighted by Crippen LogP contribution is -2.48. The average molecular weight is 351 g/mol. The molecule has 0 N–H and O–H groups in total. The molecule has 1 fully saturated rings. The maximum absolute atomic E-state index is 12.7. The zero-order chi connectivity index (χ0) is 16.3. The molecule has 0 aromatic carbocycles. The van der Waals surface area contributed by atoms with Gasteiger partial charge in [-0.3, -0.25) is 9.88 Å². The predicted octanol–water partition coefficient (Wildman–Crippen LogP) is 2.21. The number of sulfonamides is 1. The fourth-order valence-corrected chi connectivity index (χ4v) is 5.56. The normalized spacial score (nSPS) is 17.4. The van der Waals surface area contributed by atoms with E-state index in [1.807, 2.05) is 31.3 Å². The molecule has 7 heteroatoms. The number of rotatable bonds is 5. The Balaban J connectivity index is 1.62. The smallest absolute Gasteiger partial charge is 0.252 e.